The van der Waals surface area contributed by atoms with Crippen molar-refractivity contribution in [2.24, 2.45) is 5.92 Å². The Hall–Kier alpha value is -2.61. The van der Waals surface area contributed by atoms with Crippen LogP contribution in [0.2, 0.25) is 0 Å². The molecule has 0 aliphatic carbocycles. The summed E-state index contributed by atoms with van der Waals surface area (Å²) in [5.74, 6) is -1.27. The van der Waals surface area contributed by atoms with Crippen molar-refractivity contribution in [1.82, 2.24) is 9.88 Å². The third-order valence-electron chi connectivity index (χ3n) is 5.09. The van der Waals surface area contributed by atoms with Gasteiger partial charge in [-0.25, -0.2) is 4.79 Å². The van der Waals surface area contributed by atoms with E-state index in [0.29, 0.717) is 45.1 Å². The average molecular weight is 359 g/mol. The number of ether oxygens (including phenoxy) is 1. The van der Waals surface area contributed by atoms with Crippen molar-refractivity contribution in [3.05, 3.63) is 24.3 Å². The Morgan fingerprint density at radius 2 is 1.92 bits per heavy atom. The zero-order valence-corrected chi connectivity index (χ0v) is 14.3. The molecule has 138 valence electrons. The molecule has 1 unspecified atom stereocenters. The zero-order valence-electron chi connectivity index (χ0n) is 14.3. The Bertz CT molecular complexity index is 779. The number of nitrogens with zero attached hydrogens (tertiary/aromatic N) is 3. The summed E-state index contributed by atoms with van der Waals surface area (Å²) in [4.78, 5) is 32.2. The number of anilines is 1. The third kappa shape index (κ3) is 3.12. The molecule has 0 spiro atoms. The number of amides is 1. The number of aromatic nitrogens is 1. The lowest BCUT2D eigenvalue weighted by molar-refractivity contribution is -0.160. The molecule has 0 saturated carbocycles. The summed E-state index contributed by atoms with van der Waals surface area (Å²) in [6.45, 7) is 2.10. The number of para-hydroxylation sites is 2. The number of fused-ring (bicyclic) bond motifs is 1. The number of carbonyl (C=O) groups is 2. The van der Waals surface area contributed by atoms with Crippen molar-refractivity contribution in [2.45, 2.75) is 18.9 Å². The molecular weight excluding hydrogens is 338 g/mol. The molecule has 0 radical (unpaired) electrons. The van der Waals surface area contributed by atoms with E-state index in [1.165, 1.54) is 4.90 Å². The molecule has 1 atom stereocenters. The molecule has 8 heteroatoms. The van der Waals surface area contributed by atoms with Crippen LogP contribution >= 0.6 is 0 Å². The molecular formula is C18H21N3O5. The van der Waals surface area contributed by atoms with Crippen molar-refractivity contribution >= 4 is 29.0 Å². The Balaban J connectivity index is 1.41. The second-order valence-electron chi connectivity index (χ2n) is 6.69. The average Bonchev–Trinajstić information content (AvgIpc) is 3.12. The van der Waals surface area contributed by atoms with Crippen LogP contribution in [-0.4, -0.2) is 65.8 Å². The second-order valence-corrected chi connectivity index (χ2v) is 6.69. The number of hydrogen-bond acceptors (Lipinski definition) is 6. The van der Waals surface area contributed by atoms with Crippen LogP contribution in [0.4, 0.5) is 6.01 Å². The van der Waals surface area contributed by atoms with E-state index in [0.717, 1.165) is 11.1 Å². The van der Waals surface area contributed by atoms with Crippen molar-refractivity contribution in [2.75, 3.05) is 37.7 Å². The van der Waals surface area contributed by atoms with Crippen LogP contribution in [0.3, 0.4) is 0 Å². The third-order valence-corrected chi connectivity index (χ3v) is 5.09. The minimum Gasteiger partial charge on any atom is -0.480 e. The first-order valence-electron chi connectivity index (χ1n) is 8.85. The number of carboxylic acid groups (broad SMARTS) is 1. The monoisotopic (exact) mass is 359 g/mol. The number of carboxylic acids is 1. The summed E-state index contributed by atoms with van der Waals surface area (Å²) in [6, 6.07) is 7.30. The van der Waals surface area contributed by atoms with E-state index in [4.69, 9.17) is 9.15 Å². The first kappa shape index (κ1) is 16.8. The van der Waals surface area contributed by atoms with Crippen LogP contribution in [0.5, 0.6) is 0 Å². The maximum atomic E-state index is 12.8. The Labute approximate surface area is 150 Å². The minimum absolute atomic E-state index is 0.0584. The van der Waals surface area contributed by atoms with E-state index in [2.05, 4.69) is 4.98 Å². The standard InChI is InChI=1S/C18H21N3O5/c22-16(21-9-10-25-11-14(21)17(23)24)12-5-7-20(8-6-12)18-19-13-3-1-2-4-15(13)26-18/h1-4,12,14H,5-11H2,(H,23,24). The predicted octanol–water partition coefficient (Wildman–Crippen LogP) is 1.36. The molecule has 1 N–H and O–H groups in total. The summed E-state index contributed by atoms with van der Waals surface area (Å²) >= 11 is 0. The number of hydrogen-bond donors (Lipinski definition) is 1. The van der Waals surface area contributed by atoms with Gasteiger partial charge in [0.25, 0.3) is 6.01 Å². The van der Waals surface area contributed by atoms with E-state index in [-0.39, 0.29) is 18.4 Å². The van der Waals surface area contributed by atoms with Gasteiger partial charge in [0.1, 0.15) is 5.52 Å². The number of morpholine rings is 1. The fraction of sp³-hybridized carbons (Fsp3) is 0.500. The van der Waals surface area contributed by atoms with Crippen LogP contribution < -0.4 is 4.90 Å². The molecule has 2 fully saturated rings. The quantitative estimate of drug-likeness (QED) is 0.884. The number of benzene rings is 1. The largest absolute Gasteiger partial charge is 0.480 e. The molecule has 1 amide bonds. The predicted molar refractivity (Wildman–Crippen MR) is 92.9 cm³/mol. The van der Waals surface area contributed by atoms with Gasteiger partial charge in [-0.3, -0.25) is 4.79 Å². The second kappa shape index (κ2) is 6.95. The molecule has 2 saturated heterocycles. The summed E-state index contributed by atoms with van der Waals surface area (Å²) in [5, 5.41) is 9.31. The fourth-order valence-electron chi connectivity index (χ4n) is 3.62. The molecule has 1 aromatic heterocycles. The van der Waals surface area contributed by atoms with Gasteiger partial charge in [0.2, 0.25) is 5.91 Å². The maximum absolute atomic E-state index is 12.8. The van der Waals surface area contributed by atoms with Crippen LogP contribution in [0, 0.1) is 5.92 Å². The van der Waals surface area contributed by atoms with Crippen LogP contribution in [0.15, 0.2) is 28.7 Å². The highest BCUT2D eigenvalue weighted by Gasteiger charge is 2.37. The lowest BCUT2D eigenvalue weighted by Gasteiger charge is -2.37. The number of piperidine rings is 1. The topological polar surface area (TPSA) is 96.1 Å². The van der Waals surface area contributed by atoms with E-state index >= 15 is 0 Å². The van der Waals surface area contributed by atoms with Gasteiger partial charge in [-0.15, -0.1) is 0 Å². The van der Waals surface area contributed by atoms with Gasteiger partial charge in [-0.1, -0.05) is 12.1 Å². The Morgan fingerprint density at radius 1 is 1.15 bits per heavy atom. The zero-order chi connectivity index (χ0) is 18.1. The van der Waals surface area contributed by atoms with Crippen molar-refractivity contribution in [1.29, 1.82) is 0 Å². The lowest BCUT2D eigenvalue weighted by Crippen LogP contribution is -2.55. The van der Waals surface area contributed by atoms with Crippen molar-refractivity contribution in [3.8, 4) is 0 Å². The Morgan fingerprint density at radius 3 is 2.65 bits per heavy atom. The number of rotatable bonds is 3. The molecule has 2 aromatic rings. The summed E-state index contributed by atoms with van der Waals surface area (Å²) in [6.07, 6.45) is 1.31. The Kier molecular flexibility index (Phi) is 4.50. The van der Waals surface area contributed by atoms with Gasteiger partial charge >= 0.3 is 5.97 Å². The highest BCUT2D eigenvalue weighted by Crippen LogP contribution is 2.27. The van der Waals surface area contributed by atoms with Crippen molar-refractivity contribution < 1.29 is 23.8 Å². The first-order valence-corrected chi connectivity index (χ1v) is 8.85. The highest BCUT2D eigenvalue weighted by molar-refractivity contribution is 5.85. The van der Waals surface area contributed by atoms with E-state index in [1.54, 1.807) is 0 Å². The minimum atomic E-state index is -1.01. The molecule has 8 nitrogen and oxygen atoms in total. The van der Waals surface area contributed by atoms with Crippen LogP contribution in [0.1, 0.15) is 12.8 Å². The molecule has 1 aromatic carbocycles. The first-order chi connectivity index (χ1) is 12.6. The fourth-order valence-corrected chi connectivity index (χ4v) is 3.62. The molecule has 26 heavy (non-hydrogen) atoms. The van der Waals surface area contributed by atoms with Gasteiger partial charge in [-0.2, -0.15) is 4.98 Å². The van der Waals surface area contributed by atoms with E-state index in [1.807, 2.05) is 29.2 Å². The van der Waals surface area contributed by atoms with Crippen LogP contribution in [-0.2, 0) is 14.3 Å². The van der Waals surface area contributed by atoms with Gasteiger partial charge in [-0.05, 0) is 25.0 Å². The van der Waals surface area contributed by atoms with E-state index in [9.17, 15) is 14.7 Å². The van der Waals surface area contributed by atoms with Gasteiger partial charge in [0, 0.05) is 25.6 Å². The SMILES string of the molecule is O=C(O)C1COCCN1C(=O)C1CCN(c2nc3ccccc3o2)CC1. The highest BCUT2D eigenvalue weighted by atomic mass is 16.5. The number of oxazole rings is 1. The smallest absolute Gasteiger partial charge is 0.328 e. The molecule has 2 aliphatic heterocycles. The van der Waals surface area contributed by atoms with Crippen LogP contribution in [0.25, 0.3) is 11.1 Å². The molecule has 2 aliphatic rings. The lowest BCUT2D eigenvalue weighted by atomic mass is 9.94. The molecule has 4 rings (SSSR count). The summed E-state index contributed by atoms with van der Waals surface area (Å²) < 4.78 is 11.0. The molecule has 3 heterocycles. The normalized spacial score (nSPS) is 21.9. The van der Waals surface area contributed by atoms with Gasteiger partial charge < -0.3 is 24.1 Å². The van der Waals surface area contributed by atoms with E-state index < -0.39 is 12.0 Å². The van der Waals surface area contributed by atoms with Crippen molar-refractivity contribution in [3.63, 3.8) is 0 Å². The maximum Gasteiger partial charge on any atom is 0.328 e. The molecule has 0 bridgehead atoms. The summed E-state index contributed by atoms with van der Waals surface area (Å²) in [7, 11) is 0. The van der Waals surface area contributed by atoms with Gasteiger partial charge in [0.15, 0.2) is 11.6 Å². The number of carbonyl (C=O) groups excluding carboxylic acids is 1. The summed E-state index contributed by atoms with van der Waals surface area (Å²) in [5.41, 5.74) is 1.57. The van der Waals surface area contributed by atoms with Gasteiger partial charge in [0.05, 0.1) is 13.2 Å². The number of aliphatic carboxylic acids is 1.